The minimum absolute atomic E-state index is 0.409. The first-order valence-electron chi connectivity index (χ1n) is 2.03. The van der Waals surface area contributed by atoms with Crippen molar-refractivity contribution in [3.63, 3.8) is 0 Å². The molecule has 3 N–H and O–H groups in total. The van der Waals surface area contributed by atoms with Crippen molar-refractivity contribution in [3.8, 4) is 0 Å². The maximum Gasteiger partial charge on any atom is 0.307 e. The molecule has 0 aliphatic carbocycles. The average molecular weight is 102 g/mol. The Bertz CT molecular complexity index is 62.7. The van der Waals surface area contributed by atoms with Gasteiger partial charge in [0.1, 0.15) is 0 Å². The molecule has 0 atom stereocenters. The van der Waals surface area contributed by atoms with E-state index in [-0.39, 0.29) is 0 Å². The topological polar surface area (TPSA) is 63.3 Å². The number of carbonyl (C=O) groups is 1. The number of hydrogen-bond acceptors (Lipinski definition) is 2. The van der Waals surface area contributed by atoms with Gasteiger partial charge in [-0.1, -0.05) is 0 Å². The summed E-state index contributed by atoms with van der Waals surface area (Å²) in [7, 11) is 0. The van der Waals surface area contributed by atoms with E-state index in [4.69, 9.17) is 10.8 Å². The van der Waals surface area contributed by atoms with Gasteiger partial charge in [0.25, 0.3) is 0 Å². The van der Waals surface area contributed by atoms with Gasteiger partial charge in [0, 0.05) is 0 Å². The van der Waals surface area contributed by atoms with Crippen LogP contribution in [0, 0.1) is 6.42 Å². The number of carboxylic acids is 1. The summed E-state index contributed by atoms with van der Waals surface area (Å²) in [6.45, 7) is 0.409. The number of hydrogen-bond donors (Lipinski definition) is 2. The Morgan fingerprint density at radius 1 is 1.86 bits per heavy atom. The van der Waals surface area contributed by atoms with Crippen molar-refractivity contribution in [1.82, 2.24) is 0 Å². The smallest absolute Gasteiger partial charge is 0.307 e. The van der Waals surface area contributed by atoms with Gasteiger partial charge >= 0.3 is 5.97 Å². The van der Waals surface area contributed by atoms with Crippen LogP contribution in [0.4, 0.5) is 0 Å². The Morgan fingerprint density at radius 3 is 2.57 bits per heavy atom. The predicted octanol–water partition coefficient (Wildman–Crippen LogP) is -0.376. The fourth-order valence-corrected chi connectivity index (χ4v) is 0.207. The summed E-state index contributed by atoms with van der Waals surface area (Å²) in [5, 5.41) is 7.93. The average Bonchev–Trinajstić information content (AvgIpc) is 1.61. The predicted molar refractivity (Wildman–Crippen MR) is 25.6 cm³/mol. The summed E-state index contributed by atoms with van der Waals surface area (Å²) in [6.07, 6.45) is 1.59. The minimum Gasteiger partial charge on any atom is -0.481 e. The van der Waals surface area contributed by atoms with E-state index >= 15 is 0 Å². The van der Waals surface area contributed by atoms with Crippen LogP contribution in [0.5, 0.6) is 0 Å². The quantitative estimate of drug-likeness (QED) is 0.510. The van der Waals surface area contributed by atoms with Gasteiger partial charge < -0.3 is 10.8 Å². The Morgan fingerprint density at radius 2 is 2.43 bits per heavy atom. The maximum atomic E-state index is 9.65. The van der Waals surface area contributed by atoms with Crippen LogP contribution in [-0.4, -0.2) is 17.6 Å². The molecule has 3 heteroatoms. The highest BCUT2D eigenvalue weighted by Gasteiger charge is 1.91. The summed E-state index contributed by atoms with van der Waals surface area (Å²) < 4.78 is 0. The van der Waals surface area contributed by atoms with Crippen LogP contribution in [0.3, 0.4) is 0 Å². The highest BCUT2D eigenvalue weighted by atomic mass is 16.4. The van der Waals surface area contributed by atoms with E-state index in [1.165, 1.54) is 0 Å². The number of rotatable bonds is 3. The molecule has 0 aliphatic heterocycles. The van der Waals surface area contributed by atoms with Crippen LogP contribution in [0.15, 0.2) is 0 Å². The molecule has 0 fully saturated rings. The van der Waals surface area contributed by atoms with Gasteiger partial charge in [-0.05, 0) is 13.0 Å². The van der Waals surface area contributed by atoms with Crippen molar-refractivity contribution in [2.24, 2.45) is 5.73 Å². The summed E-state index contributed by atoms with van der Waals surface area (Å²) >= 11 is 0. The van der Waals surface area contributed by atoms with Crippen LogP contribution in [0.25, 0.3) is 0 Å². The third-order valence-corrected chi connectivity index (χ3v) is 0.486. The summed E-state index contributed by atoms with van der Waals surface area (Å²) in [5.74, 6) is -0.898. The van der Waals surface area contributed by atoms with Crippen molar-refractivity contribution in [2.75, 3.05) is 6.54 Å². The summed E-state index contributed by atoms with van der Waals surface area (Å²) in [6, 6.07) is 0. The molecule has 0 aromatic rings. The lowest BCUT2D eigenvalue weighted by Gasteiger charge is -1.85. The first-order valence-corrected chi connectivity index (χ1v) is 2.03. The van der Waals surface area contributed by atoms with Crippen LogP contribution >= 0.6 is 0 Å². The molecule has 0 aliphatic rings. The van der Waals surface area contributed by atoms with E-state index in [1.807, 2.05) is 0 Å². The second kappa shape index (κ2) is 3.61. The third-order valence-electron chi connectivity index (χ3n) is 0.486. The maximum absolute atomic E-state index is 9.65. The van der Waals surface area contributed by atoms with Crippen LogP contribution < -0.4 is 5.73 Å². The zero-order valence-electron chi connectivity index (χ0n) is 3.92. The second-order valence-corrected chi connectivity index (χ2v) is 1.12. The third kappa shape index (κ3) is 5.43. The van der Waals surface area contributed by atoms with E-state index in [2.05, 4.69) is 0 Å². The van der Waals surface area contributed by atoms with Gasteiger partial charge in [0.2, 0.25) is 0 Å². The van der Waals surface area contributed by atoms with E-state index in [1.54, 1.807) is 0 Å². The van der Waals surface area contributed by atoms with E-state index < -0.39 is 5.97 Å². The number of carboxylic acid groups (broad SMARTS) is 1. The lowest BCUT2D eigenvalue weighted by molar-refractivity contribution is -0.133. The van der Waals surface area contributed by atoms with Crippen molar-refractivity contribution in [2.45, 2.75) is 6.42 Å². The Labute approximate surface area is 42.1 Å². The Kier molecular flexibility index (Phi) is 3.32. The lowest BCUT2D eigenvalue weighted by Crippen LogP contribution is -2.03. The SMILES string of the molecule is NCC[CH]C(=O)O. The van der Waals surface area contributed by atoms with Crippen molar-refractivity contribution >= 4 is 5.97 Å². The molecule has 0 saturated carbocycles. The van der Waals surface area contributed by atoms with Gasteiger partial charge in [-0.25, -0.2) is 0 Å². The molecule has 0 unspecified atom stereocenters. The Hall–Kier alpha value is -0.570. The second-order valence-electron chi connectivity index (χ2n) is 1.12. The summed E-state index contributed by atoms with van der Waals surface area (Å²) in [5.41, 5.74) is 4.98. The van der Waals surface area contributed by atoms with Gasteiger partial charge in [-0.2, -0.15) is 0 Å². The van der Waals surface area contributed by atoms with Crippen molar-refractivity contribution < 1.29 is 9.90 Å². The number of aliphatic carboxylic acids is 1. The fraction of sp³-hybridized carbons (Fsp3) is 0.500. The first kappa shape index (κ1) is 6.43. The minimum atomic E-state index is -0.898. The molecule has 0 amide bonds. The van der Waals surface area contributed by atoms with Crippen LogP contribution in [0.1, 0.15) is 6.42 Å². The number of nitrogens with two attached hydrogens (primary N) is 1. The highest BCUT2D eigenvalue weighted by Crippen LogP contribution is 1.80. The standard InChI is InChI=1S/C4H8NO2/c5-3-1-2-4(6)7/h2H,1,3,5H2,(H,6,7). The van der Waals surface area contributed by atoms with Gasteiger partial charge in [-0.3, -0.25) is 4.79 Å². The van der Waals surface area contributed by atoms with Crippen LogP contribution in [-0.2, 0) is 4.79 Å². The van der Waals surface area contributed by atoms with Crippen LogP contribution in [0.2, 0.25) is 0 Å². The molecule has 0 spiro atoms. The monoisotopic (exact) mass is 102 g/mol. The van der Waals surface area contributed by atoms with Crippen molar-refractivity contribution in [3.05, 3.63) is 6.42 Å². The molecule has 0 aromatic heterocycles. The molecule has 0 bridgehead atoms. The first-order chi connectivity index (χ1) is 3.27. The van der Waals surface area contributed by atoms with E-state index in [9.17, 15) is 4.79 Å². The lowest BCUT2D eigenvalue weighted by atomic mass is 10.3. The molecular weight excluding hydrogens is 94.0 g/mol. The van der Waals surface area contributed by atoms with E-state index in [0.29, 0.717) is 13.0 Å². The molecule has 0 heterocycles. The Balaban J connectivity index is 2.82. The molecule has 3 nitrogen and oxygen atoms in total. The fourth-order valence-electron chi connectivity index (χ4n) is 0.207. The van der Waals surface area contributed by atoms with Gasteiger partial charge in [0.05, 0.1) is 6.42 Å². The highest BCUT2D eigenvalue weighted by molar-refractivity contribution is 5.76. The molecule has 7 heavy (non-hydrogen) atoms. The molecule has 41 valence electrons. The molecular formula is C4H8NO2. The molecule has 0 saturated heterocycles. The zero-order chi connectivity index (χ0) is 5.70. The summed E-state index contributed by atoms with van der Waals surface area (Å²) in [4.78, 5) is 9.65. The van der Waals surface area contributed by atoms with E-state index in [0.717, 1.165) is 6.42 Å². The van der Waals surface area contributed by atoms with Gasteiger partial charge in [-0.15, -0.1) is 0 Å². The zero-order valence-corrected chi connectivity index (χ0v) is 3.92. The van der Waals surface area contributed by atoms with Crippen molar-refractivity contribution in [1.29, 1.82) is 0 Å². The largest absolute Gasteiger partial charge is 0.481 e. The normalized spacial score (nSPS) is 8.71. The van der Waals surface area contributed by atoms with Gasteiger partial charge in [0.15, 0.2) is 0 Å². The molecule has 0 rings (SSSR count). The molecule has 1 radical (unpaired) electrons. The molecule has 0 aromatic carbocycles.